The Balaban J connectivity index is 2.68. The van der Waals surface area contributed by atoms with Crippen LogP contribution in [-0.2, 0) is 0 Å². The standard InChI is InChI=1S/C10H14BrNS/c1-3-5-9(12-4-2)10-6-8(11)7-13-10/h3,6-7,9,12H,1,4-5H2,2H3. The van der Waals surface area contributed by atoms with Crippen LogP contribution in [0.15, 0.2) is 28.6 Å². The van der Waals surface area contributed by atoms with Crippen LogP contribution in [0.2, 0.25) is 0 Å². The van der Waals surface area contributed by atoms with E-state index in [4.69, 9.17) is 0 Å². The minimum absolute atomic E-state index is 0.429. The van der Waals surface area contributed by atoms with E-state index in [2.05, 4.69) is 46.2 Å². The van der Waals surface area contributed by atoms with Crippen LogP contribution >= 0.6 is 27.3 Å². The molecule has 0 spiro atoms. The number of hydrogen-bond donors (Lipinski definition) is 1. The third-order valence-corrected chi connectivity index (χ3v) is 3.59. The first kappa shape index (κ1) is 11.0. The molecule has 1 N–H and O–H groups in total. The summed E-state index contributed by atoms with van der Waals surface area (Å²) in [6.45, 7) is 6.89. The summed E-state index contributed by atoms with van der Waals surface area (Å²) in [5.41, 5.74) is 0. The van der Waals surface area contributed by atoms with Crippen molar-refractivity contribution in [2.45, 2.75) is 19.4 Å². The zero-order valence-corrected chi connectivity index (χ0v) is 10.1. The second kappa shape index (κ2) is 5.58. The summed E-state index contributed by atoms with van der Waals surface area (Å²) in [5.74, 6) is 0. The molecule has 3 heteroatoms. The van der Waals surface area contributed by atoms with E-state index in [1.54, 1.807) is 11.3 Å². The highest BCUT2D eigenvalue weighted by atomic mass is 79.9. The van der Waals surface area contributed by atoms with E-state index in [1.165, 1.54) is 9.35 Å². The molecule has 0 bridgehead atoms. The lowest BCUT2D eigenvalue weighted by molar-refractivity contribution is 0.567. The average Bonchev–Trinajstić information content (AvgIpc) is 2.51. The van der Waals surface area contributed by atoms with Crippen LogP contribution in [0.5, 0.6) is 0 Å². The van der Waals surface area contributed by atoms with Gasteiger partial charge in [0.15, 0.2) is 0 Å². The van der Waals surface area contributed by atoms with Crippen molar-refractivity contribution in [3.63, 3.8) is 0 Å². The van der Waals surface area contributed by atoms with Crippen LogP contribution in [0.25, 0.3) is 0 Å². The molecule has 0 aliphatic rings. The van der Waals surface area contributed by atoms with E-state index in [-0.39, 0.29) is 0 Å². The van der Waals surface area contributed by atoms with Gasteiger partial charge >= 0.3 is 0 Å². The van der Waals surface area contributed by atoms with Crippen LogP contribution in [-0.4, -0.2) is 6.54 Å². The molecule has 1 unspecified atom stereocenters. The Bertz CT molecular complexity index is 270. The van der Waals surface area contributed by atoms with Gasteiger partial charge in [-0.1, -0.05) is 13.0 Å². The van der Waals surface area contributed by atoms with Gasteiger partial charge in [-0.15, -0.1) is 17.9 Å². The first-order chi connectivity index (χ1) is 6.27. The molecular weight excluding hydrogens is 246 g/mol. The summed E-state index contributed by atoms with van der Waals surface area (Å²) >= 11 is 5.24. The number of nitrogens with one attached hydrogen (secondary N) is 1. The Morgan fingerprint density at radius 3 is 3.00 bits per heavy atom. The highest BCUT2D eigenvalue weighted by molar-refractivity contribution is 9.10. The second-order valence-electron chi connectivity index (χ2n) is 2.80. The third-order valence-electron chi connectivity index (χ3n) is 1.78. The molecule has 1 nitrogen and oxygen atoms in total. The molecule has 0 radical (unpaired) electrons. The molecule has 1 aromatic rings. The smallest absolute Gasteiger partial charge is 0.0449 e. The van der Waals surface area contributed by atoms with Crippen molar-refractivity contribution in [1.82, 2.24) is 5.32 Å². The zero-order chi connectivity index (χ0) is 9.68. The van der Waals surface area contributed by atoms with Gasteiger partial charge in [0, 0.05) is 20.8 Å². The molecular formula is C10H14BrNS. The largest absolute Gasteiger partial charge is 0.309 e. The summed E-state index contributed by atoms with van der Waals surface area (Å²) in [6.07, 6.45) is 2.95. The molecule has 0 amide bonds. The lowest BCUT2D eigenvalue weighted by Gasteiger charge is -2.13. The molecule has 1 atom stereocenters. The molecule has 13 heavy (non-hydrogen) atoms. The maximum Gasteiger partial charge on any atom is 0.0449 e. The van der Waals surface area contributed by atoms with Gasteiger partial charge in [0.25, 0.3) is 0 Å². The van der Waals surface area contributed by atoms with E-state index in [1.807, 2.05) is 6.08 Å². The molecule has 1 heterocycles. The summed E-state index contributed by atoms with van der Waals surface area (Å²) in [5, 5.41) is 5.55. The van der Waals surface area contributed by atoms with Gasteiger partial charge in [-0.3, -0.25) is 0 Å². The Morgan fingerprint density at radius 2 is 2.54 bits per heavy atom. The molecule has 0 saturated heterocycles. The Hall–Kier alpha value is -0.120. The average molecular weight is 260 g/mol. The van der Waals surface area contributed by atoms with E-state index in [0.29, 0.717) is 6.04 Å². The normalized spacial score (nSPS) is 12.8. The van der Waals surface area contributed by atoms with E-state index in [9.17, 15) is 0 Å². The van der Waals surface area contributed by atoms with Gasteiger partial charge in [-0.25, -0.2) is 0 Å². The molecule has 0 aliphatic carbocycles. The van der Waals surface area contributed by atoms with Gasteiger partial charge < -0.3 is 5.32 Å². The Kier molecular flexibility index (Phi) is 4.70. The van der Waals surface area contributed by atoms with Gasteiger partial charge in [0.1, 0.15) is 0 Å². The van der Waals surface area contributed by atoms with Crippen molar-refractivity contribution in [2.75, 3.05) is 6.54 Å². The minimum atomic E-state index is 0.429. The maximum atomic E-state index is 3.77. The zero-order valence-electron chi connectivity index (χ0n) is 7.72. The lowest BCUT2D eigenvalue weighted by Crippen LogP contribution is -2.19. The van der Waals surface area contributed by atoms with Gasteiger partial charge in [0.2, 0.25) is 0 Å². The van der Waals surface area contributed by atoms with Gasteiger partial charge in [0.05, 0.1) is 0 Å². The van der Waals surface area contributed by atoms with Crippen molar-refractivity contribution in [2.24, 2.45) is 0 Å². The van der Waals surface area contributed by atoms with Crippen molar-refractivity contribution in [3.8, 4) is 0 Å². The summed E-state index contributed by atoms with van der Waals surface area (Å²) < 4.78 is 1.17. The monoisotopic (exact) mass is 259 g/mol. The molecule has 0 saturated carbocycles. The predicted molar refractivity (Wildman–Crippen MR) is 63.3 cm³/mol. The van der Waals surface area contributed by atoms with Crippen LogP contribution in [0.3, 0.4) is 0 Å². The first-order valence-corrected chi connectivity index (χ1v) is 6.03. The van der Waals surface area contributed by atoms with Crippen LogP contribution in [0, 0.1) is 0 Å². The predicted octanol–water partition coefficient (Wildman–Crippen LogP) is 3.74. The SMILES string of the molecule is C=CCC(NCC)c1cc(Br)cs1. The highest BCUT2D eigenvalue weighted by Crippen LogP contribution is 2.27. The van der Waals surface area contributed by atoms with E-state index < -0.39 is 0 Å². The summed E-state index contributed by atoms with van der Waals surface area (Å²) in [6, 6.07) is 2.60. The maximum absolute atomic E-state index is 3.77. The fraction of sp³-hybridized carbons (Fsp3) is 0.400. The number of hydrogen-bond acceptors (Lipinski definition) is 2. The summed E-state index contributed by atoms with van der Waals surface area (Å²) in [7, 11) is 0. The first-order valence-electron chi connectivity index (χ1n) is 4.36. The number of thiophene rings is 1. The molecule has 0 aliphatic heterocycles. The molecule has 1 rings (SSSR count). The summed E-state index contributed by atoms with van der Waals surface area (Å²) in [4.78, 5) is 1.37. The van der Waals surface area contributed by atoms with Gasteiger partial charge in [-0.05, 0) is 35.0 Å². The fourth-order valence-corrected chi connectivity index (χ4v) is 2.76. The highest BCUT2D eigenvalue weighted by Gasteiger charge is 2.09. The molecule has 72 valence electrons. The van der Waals surface area contributed by atoms with E-state index >= 15 is 0 Å². The van der Waals surface area contributed by atoms with E-state index in [0.717, 1.165) is 13.0 Å². The quantitative estimate of drug-likeness (QED) is 0.795. The lowest BCUT2D eigenvalue weighted by atomic mass is 10.1. The van der Waals surface area contributed by atoms with Crippen molar-refractivity contribution in [1.29, 1.82) is 0 Å². The van der Waals surface area contributed by atoms with Gasteiger partial charge in [-0.2, -0.15) is 0 Å². The van der Waals surface area contributed by atoms with Crippen molar-refractivity contribution >= 4 is 27.3 Å². The van der Waals surface area contributed by atoms with Crippen LogP contribution in [0.1, 0.15) is 24.3 Å². The third kappa shape index (κ3) is 3.25. The van der Waals surface area contributed by atoms with Crippen LogP contribution < -0.4 is 5.32 Å². The fourth-order valence-electron chi connectivity index (χ4n) is 1.22. The number of rotatable bonds is 5. The Labute approximate surface area is 92.0 Å². The van der Waals surface area contributed by atoms with Crippen molar-refractivity contribution in [3.05, 3.63) is 33.5 Å². The molecule has 0 fully saturated rings. The molecule has 1 aromatic heterocycles. The van der Waals surface area contributed by atoms with Crippen molar-refractivity contribution < 1.29 is 0 Å². The topological polar surface area (TPSA) is 12.0 Å². The number of halogens is 1. The minimum Gasteiger partial charge on any atom is -0.309 e. The second-order valence-corrected chi connectivity index (χ2v) is 4.66. The van der Waals surface area contributed by atoms with Crippen LogP contribution in [0.4, 0.5) is 0 Å². The Morgan fingerprint density at radius 1 is 1.77 bits per heavy atom. The molecule has 0 aromatic carbocycles.